The molecule has 41 nitrogen and oxygen atoms in total. The molecule has 0 aromatic carbocycles. The number of nitrogens with zero attached hydrogens (tertiary/aromatic N) is 1. The van der Waals surface area contributed by atoms with Gasteiger partial charge in [-0.1, -0.05) is 45.4 Å². The number of aliphatic hydroxyl groups excluding tert-OH is 9. The van der Waals surface area contributed by atoms with Crippen LogP contribution in [0.25, 0.3) is 0 Å². The van der Waals surface area contributed by atoms with Crippen LogP contribution in [0.2, 0.25) is 0 Å². The minimum atomic E-state index is -3.93. The Morgan fingerprint density at radius 2 is 0.726 bits per heavy atom. The lowest BCUT2D eigenvalue weighted by Crippen LogP contribution is -2.64. The lowest BCUT2D eigenvalue weighted by molar-refractivity contribution is -0.270. The quantitative estimate of drug-likeness (QED) is 0.0193. The smallest absolute Gasteiger partial charge is 0.222 e. The molecule has 4 fully saturated rings. The fourth-order valence-corrected chi connectivity index (χ4v) is 15.1. The zero-order valence-electron chi connectivity index (χ0n) is 72.8. The summed E-state index contributed by atoms with van der Waals surface area (Å²) in [5.74, 6) is -2.95. The van der Waals surface area contributed by atoms with E-state index >= 15 is 0 Å². The van der Waals surface area contributed by atoms with Crippen molar-refractivity contribution in [3.8, 4) is 0 Å². The first-order valence-electron chi connectivity index (χ1n) is 43.9. The van der Waals surface area contributed by atoms with Crippen LogP contribution < -0.4 is 42.5 Å². The number of carbonyl (C=O) groups excluding carboxylic acids is 11. The van der Waals surface area contributed by atoms with Gasteiger partial charge in [0.05, 0.1) is 72.1 Å². The van der Waals surface area contributed by atoms with Gasteiger partial charge in [-0.15, -0.1) is 0 Å². The molecule has 0 spiro atoms. The Kier molecular flexibility index (Phi) is 55.4. The first-order chi connectivity index (χ1) is 59.2. The SMILES string of the molecule is [CH2-]P(=O)(O)OC[C@@H]1C[C@@H](C)CN1C(=O)CCCCCCCCCCC(=O)CC(COCCC(=O)NCCCCC(=O)CCCCOC1OC(CO)C(O)C(O)C1NC(C)=O)(COCCC(=O)NCCCNC(=O)CCCCOC1OC(CO)C(O)C(O)C1NC(C)=O)COCCC(=O)NCCCNC(=O)CCCCOC1OC(CO)C(O)C(O)C1NC(C)=O. The first-order valence-corrected chi connectivity index (χ1v) is 45.7. The van der Waals surface area contributed by atoms with Crippen molar-refractivity contribution in [3.05, 3.63) is 6.66 Å². The van der Waals surface area contributed by atoms with Crippen LogP contribution >= 0.6 is 7.60 Å². The van der Waals surface area contributed by atoms with Crippen molar-refractivity contribution >= 4 is 72.3 Å². The van der Waals surface area contributed by atoms with Crippen molar-refractivity contribution in [3.63, 3.8) is 0 Å². The maximum atomic E-state index is 14.2. The summed E-state index contributed by atoms with van der Waals surface area (Å²) in [6, 6.07) is -3.57. The largest absolute Gasteiger partial charge is 0.394 e. The van der Waals surface area contributed by atoms with Gasteiger partial charge < -0.3 is 145 Å². The highest BCUT2D eigenvalue weighted by atomic mass is 31.2. The topological polar surface area (TPSA) is 599 Å². The predicted octanol–water partition coefficient (Wildman–Crippen LogP) is -1.22. The van der Waals surface area contributed by atoms with Crippen LogP contribution in [0.3, 0.4) is 0 Å². The van der Waals surface area contributed by atoms with Crippen LogP contribution in [-0.2, 0) is 104 Å². The van der Waals surface area contributed by atoms with Gasteiger partial charge in [0.1, 0.15) is 84.6 Å². The maximum absolute atomic E-state index is 14.2. The van der Waals surface area contributed by atoms with Crippen LogP contribution in [0.15, 0.2) is 0 Å². The van der Waals surface area contributed by atoms with Crippen LogP contribution in [0.4, 0.5) is 0 Å². The number of unbranched alkanes of at least 4 members (excludes halogenated alkanes) is 11. The fraction of sp³-hybridized carbons (Fsp3) is 0.854. The van der Waals surface area contributed by atoms with E-state index in [0.717, 1.165) is 38.5 Å². The molecule has 4 aliphatic heterocycles. The highest BCUT2D eigenvalue weighted by Crippen LogP contribution is 2.41. The first kappa shape index (κ1) is 110. The average Bonchev–Trinajstić information content (AvgIpc) is 0.867. The van der Waals surface area contributed by atoms with Crippen LogP contribution in [-0.4, -0.2) is 344 Å². The summed E-state index contributed by atoms with van der Waals surface area (Å²) >= 11 is 0. The Labute approximate surface area is 727 Å². The summed E-state index contributed by atoms with van der Waals surface area (Å²) in [4.78, 5) is 152. The second-order valence-corrected chi connectivity index (χ2v) is 34.2. The van der Waals surface area contributed by atoms with E-state index in [-0.39, 0.29) is 216 Å². The van der Waals surface area contributed by atoms with E-state index in [1.807, 2.05) is 6.92 Å². The Morgan fingerprint density at radius 3 is 1.08 bits per heavy atom. The van der Waals surface area contributed by atoms with Gasteiger partial charge in [-0.05, 0) is 89.4 Å². The number of amides is 9. The Hall–Kier alpha value is -6.00. The van der Waals surface area contributed by atoms with E-state index in [1.165, 1.54) is 20.8 Å². The zero-order chi connectivity index (χ0) is 91.4. The molecule has 4 aliphatic rings. The van der Waals surface area contributed by atoms with Crippen molar-refractivity contribution in [2.75, 3.05) is 125 Å². The lowest BCUT2D eigenvalue weighted by Gasteiger charge is -2.42. The van der Waals surface area contributed by atoms with Gasteiger partial charge in [-0.3, -0.25) is 57.3 Å². The number of aliphatic hydroxyl groups is 9. The molecule has 4 saturated heterocycles. The summed E-state index contributed by atoms with van der Waals surface area (Å²) in [6.45, 7) is 8.31. The minimum Gasteiger partial charge on any atom is -0.394 e. The van der Waals surface area contributed by atoms with Gasteiger partial charge in [-0.2, -0.15) is 0 Å². The second-order valence-electron chi connectivity index (χ2n) is 32.7. The van der Waals surface area contributed by atoms with Gasteiger partial charge in [-0.25, -0.2) is 6.66 Å². The van der Waals surface area contributed by atoms with Crippen molar-refractivity contribution in [2.24, 2.45) is 11.3 Å². The average molecular weight is 1800 g/mol. The standard InChI is InChI=1S/C82H145N9O32P/c1-54-44-58(50-120-124(5,112)113)91(46-54)69(105)29-13-11-9-7-6-8-10-12-26-60(99)45-82(51-114-41-30-66(102)83-33-18-14-24-59(98)25-15-19-38-117-79-70(88-55(2)95)76(109)73(106)61(47-92)121-79,52-115-42-31-67(103)86-36-22-34-84-64(100)27-16-20-39-118-80-71(89-56(3)96)77(110)74(107)62(48-93)122-80)53-116-43-32-68(104)87-37-23-35-85-65(101)28-17-21-40-119-81-72(90-57(4)97)78(111)75(108)63(49-94)123-81/h54,58,61-63,70-81,92-94,106-111H,5-53H2,1-4H3,(H,83,102)(H,84,100)(H,85,101)(H,86,103)(H,87,104)(H,88,95)(H,89,96)(H,90,97)(H,112,113)/q-1/t54-,58+,61?,62?,63?,70?,71?,72?,73?,74?,75?,76?,77?,78?,79?,80?,81?,82?/m1/s1. The van der Waals surface area contributed by atoms with E-state index in [2.05, 4.69) is 49.2 Å². The van der Waals surface area contributed by atoms with Gasteiger partial charge in [0.15, 0.2) is 26.5 Å². The molecule has 42 heteroatoms. The van der Waals surface area contributed by atoms with E-state index in [1.54, 1.807) is 4.90 Å². The van der Waals surface area contributed by atoms with Crippen molar-refractivity contribution < 1.29 is 155 Å². The molecule has 4 heterocycles. The number of ketones is 2. The van der Waals surface area contributed by atoms with E-state index < -0.39 is 142 Å². The van der Waals surface area contributed by atoms with Gasteiger partial charge in [0.25, 0.3) is 0 Å². The highest BCUT2D eigenvalue weighted by Gasteiger charge is 2.48. The molecule has 18 atom stereocenters. The molecule has 0 aliphatic carbocycles. The molecule has 0 bridgehead atoms. The molecule has 9 amide bonds. The summed E-state index contributed by atoms with van der Waals surface area (Å²) < 4.78 is 69.2. The fourth-order valence-electron chi connectivity index (χ4n) is 14.7. The molecule has 0 aromatic rings. The minimum absolute atomic E-state index is 0.00314. The van der Waals surface area contributed by atoms with Gasteiger partial charge >= 0.3 is 0 Å². The van der Waals surface area contributed by atoms with Crippen molar-refractivity contribution in [1.82, 2.24) is 47.4 Å². The summed E-state index contributed by atoms with van der Waals surface area (Å²) in [7, 11) is -3.93. The predicted molar refractivity (Wildman–Crippen MR) is 444 cm³/mol. The lowest BCUT2D eigenvalue weighted by atomic mass is 9.84. The molecule has 124 heavy (non-hydrogen) atoms. The van der Waals surface area contributed by atoms with Crippen LogP contribution in [0, 0.1) is 18.0 Å². The van der Waals surface area contributed by atoms with Crippen molar-refractivity contribution in [2.45, 2.75) is 312 Å². The summed E-state index contributed by atoms with van der Waals surface area (Å²) in [5.41, 5.74) is -1.19. The molecule has 716 valence electrons. The molecule has 0 aromatic heterocycles. The maximum Gasteiger partial charge on any atom is 0.222 e. The van der Waals surface area contributed by atoms with E-state index in [9.17, 15) is 108 Å². The monoisotopic (exact) mass is 1800 g/mol. The van der Waals surface area contributed by atoms with Gasteiger partial charge in [0, 0.05) is 149 Å². The molecular formula is C82H145N9O32P-. The third-order valence-corrected chi connectivity index (χ3v) is 22.0. The molecule has 16 unspecified atom stereocenters. The number of rotatable bonds is 68. The normalized spacial score (nSPS) is 25.4. The summed E-state index contributed by atoms with van der Waals surface area (Å²) in [6.07, 6.45) is -3.30. The Balaban J connectivity index is 1.31. The van der Waals surface area contributed by atoms with Crippen molar-refractivity contribution in [1.29, 1.82) is 0 Å². The number of ether oxygens (including phenoxy) is 9. The van der Waals surface area contributed by atoms with Crippen LogP contribution in [0.5, 0.6) is 0 Å². The Morgan fingerprint density at radius 1 is 0.411 bits per heavy atom. The number of hydrogen-bond donors (Lipinski definition) is 18. The van der Waals surface area contributed by atoms with Gasteiger partial charge in [0.2, 0.25) is 53.2 Å². The number of Topliss-reactive ketones (excluding diaryl/α,β-unsaturated/α-hetero) is 2. The van der Waals surface area contributed by atoms with E-state index in [0.29, 0.717) is 96.4 Å². The molecule has 4 rings (SSSR count). The third kappa shape index (κ3) is 45.3. The number of nitrogens with one attached hydrogen (secondary N) is 8. The number of likely N-dealkylation sites (tertiary alicyclic amines) is 1. The molecule has 0 radical (unpaired) electrons. The molecular weight excluding hydrogens is 1650 g/mol. The zero-order valence-corrected chi connectivity index (χ0v) is 73.7. The molecule has 0 saturated carbocycles. The van der Waals surface area contributed by atoms with Crippen LogP contribution in [0.1, 0.15) is 214 Å². The van der Waals surface area contributed by atoms with E-state index in [4.69, 9.17) is 47.2 Å². The number of carbonyl (C=O) groups is 11. The summed E-state index contributed by atoms with van der Waals surface area (Å²) in [5, 5.41) is 113. The second kappa shape index (κ2) is 62.3. The number of hydrogen-bond acceptors (Lipinski definition) is 31. The Bertz CT molecular complexity index is 2940. The highest BCUT2D eigenvalue weighted by molar-refractivity contribution is 7.54. The molecule has 18 N–H and O–H groups in total. The third-order valence-electron chi connectivity index (χ3n) is 21.5.